The molecule has 124 valence electrons. The van der Waals surface area contributed by atoms with Crippen molar-refractivity contribution in [2.24, 2.45) is 5.92 Å². The van der Waals surface area contributed by atoms with Crippen molar-refractivity contribution in [1.29, 1.82) is 0 Å². The maximum atomic E-state index is 11.9. The highest BCUT2D eigenvalue weighted by molar-refractivity contribution is 6.00. The average Bonchev–Trinajstić information content (AvgIpc) is 2.56. The van der Waals surface area contributed by atoms with Crippen molar-refractivity contribution in [2.45, 2.75) is 38.0 Å². The van der Waals surface area contributed by atoms with Gasteiger partial charge in [-0.2, -0.15) is 0 Å². The Morgan fingerprint density at radius 2 is 2.00 bits per heavy atom. The van der Waals surface area contributed by atoms with Crippen LogP contribution in [0.1, 0.15) is 43.6 Å². The second-order valence-corrected chi connectivity index (χ2v) is 6.40. The lowest BCUT2D eigenvalue weighted by Crippen LogP contribution is -2.39. The lowest BCUT2D eigenvalue weighted by Gasteiger charge is -2.32. The number of anilines is 1. The summed E-state index contributed by atoms with van der Waals surface area (Å²) in [5.41, 5.74) is 0.869. The first-order valence-corrected chi connectivity index (χ1v) is 8.33. The monoisotopic (exact) mass is 317 g/mol. The highest BCUT2D eigenvalue weighted by Crippen LogP contribution is 2.27. The van der Waals surface area contributed by atoms with Crippen LogP contribution in [0.25, 0.3) is 0 Å². The maximum Gasteiger partial charge on any atom is 0.234 e. The number of pyridine rings is 1. The molecule has 0 saturated carbocycles. The van der Waals surface area contributed by atoms with Gasteiger partial charge in [0.2, 0.25) is 11.8 Å². The Bertz CT molecular complexity index is 565. The van der Waals surface area contributed by atoms with Crippen molar-refractivity contribution in [1.82, 2.24) is 10.3 Å². The van der Waals surface area contributed by atoms with E-state index < -0.39 is 0 Å². The highest BCUT2D eigenvalue weighted by atomic mass is 16.3. The van der Waals surface area contributed by atoms with E-state index >= 15 is 0 Å². The van der Waals surface area contributed by atoms with E-state index in [9.17, 15) is 9.59 Å². The third-order valence-corrected chi connectivity index (χ3v) is 4.89. The Labute approximate surface area is 135 Å². The Morgan fingerprint density at radius 1 is 1.22 bits per heavy atom. The minimum absolute atomic E-state index is 0.193. The van der Waals surface area contributed by atoms with Crippen molar-refractivity contribution in [3.05, 3.63) is 23.9 Å². The minimum Gasteiger partial charge on any atom is -0.396 e. The Kier molecular flexibility index (Phi) is 4.91. The van der Waals surface area contributed by atoms with Crippen molar-refractivity contribution in [3.8, 4) is 0 Å². The van der Waals surface area contributed by atoms with Crippen LogP contribution >= 0.6 is 0 Å². The average molecular weight is 317 g/mol. The summed E-state index contributed by atoms with van der Waals surface area (Å²) in [5.74, 6) is 0.856. The van der Waals surface area contributed by atoms with Crippen LogP contribution in [0, 0.1) is 5.92 Å². The summed E-state index contributed by atoms with van der Waals surface area (Å²) in [5, 5.41) is 11.4. The number of aromatic nitrogens is 1. The van der Waals surface area contributed by atoms with E-state index in [-0.39, 0.29) is 24.3 Å². The van der Waals surface area contributed by atoms with Gasteiger partial charge in [0.25, 0.3) is 0 Å². The number of aliphatic hydroxyl groups is 1. The van der Waals surface area contributed by atoms with Crippen molar-refractivity contribution in [3.63, 3.8) is 0 Å². The third kappa shape index (κ3) is 3.69. The molecule has 1 aromatic rings. The standard InChI is InChI=1S/C17H23N3O3/c21-10-7-12-5-8-20(9-6-12)15-3-1-13(11-18-15)14-2-4-16(22)19-17(14)23/h1,3,11-12,14,21H,2,4-10H2,(H,19,22,23)/t14-/m1/s1. The van der Waals surface area contributed by atoms with Crippen LogP contribution in [0.15, 0.2) is 18.3 Å². The summed E-state index contributed by atoms with van der Waals surface area (Å²) >= 11 is 0. The topological polar surface area (TPSA) is 82.5 Å². The molecule has 0 unspecified atom stereocenters. The summed E-state index contributed by atoms with van der Waals surface area (Å²) in [6.07, 6.45) is 5.74. The van der Waals surface area contributed by atoms with Crippen LogP contribution in [-0.4, -0.2) is 41.6 Å². The zero-order valence-corrected chi connectivity index (χ0v) is 13.2. The molecule has 2 N–H and O–H groups in total. The second-order valence-electron chi connectivity index (χ2n) is 6.40. The molecule has 0 aromatic carbocycles. The van der Waals surface area contributed by atoms with E-state index in [0.717, 1.165) is 43.7 Å². The molecule has 2 saturated heterocycles. The number of carbonyl (C=O) groups excluding carboxylic acids is 2. The van der Waals surface area contributed by atoms with Crippen molar-refractivity contribution in [2.75, 3.05) is 24.6 Å². The van der Waals surface area contributed by atoms with Gasteiger partial charge in [-0.3, -0.25) is 14.9 Å². The molecule has 2 aliphatic rings. The van der Waals surface area contributed by atoms with E-state index in [4.69, 9.17) is 5.11 Å². The van der Waals surface area contributed by atoms with E-state index in [2.05, 4.69) is 15.2 Å². The first-order valence-electron chi connectivity index (χ1n) is 8.33. The molecule has 0 aliphatic carbocycles. The van der Waals surface area contributed by atoms with E-state index in [0.29, 0.717) is 18.8 Å². The summed E-state index contributed by atoms with van der Waals surface area (Å²) in [7, 11) is 0. The SMILES string of the molecule is O=C1CC[C@H](c2ccc(N3CCC(CCO)CC3)nc2)C(=O)N1. The molecular formula is C17H23N3O3. The fourth-order valence-corrected chi connectivity index (χ4v) is 3.44. The first kappa shape index (κ1) is 15.9. The van der Waals surface area contributed by atoms with Gasteiger partial charge in [-0.15, -0.1) is 0 Å². The summed E-state index contributed by atoms with van der Waals surface area (Å²) in [4.78, 5) is 29.9. The number of piperidine rings is 2. The zero-order chi connectivity index (χ0) is 16.2. The predicted octanol–water partition coefficient (Wildman–Crippen LogP) is 1.20. The molecule has 2 fully saturated rings. The van der Waals surface area contributed by atoms with Gasteiger partial charge in [-0.1, -0.05) is 6.07 Å². The van der Waals surface area contributed by atoms with Gasteiger partial charge in [0.05, 0.1) is 5.92 Å². The number of aliphatic hydroxyl groups excluding tert-OH is 1. The van der Waals surface area contributed by atoms with Gasteiger partial charge >= 0.3 is 0 Å². The predicted molar refractivity (Wildman–Crippen MR) is 86.0 cm³/mol. The van der Waals surface area contributed by atoms with Crippen LogP contribution in [0.5, 0.6) is 0 Å². The van der Waals surface area contributed by atoms with Crippen LogP contribution in [0.3, 0.4) is 0 Å². The highest BCUT2D eigenvalue weighted by Gasteiger charge is 2.28. The van der Waals surface area contributed by atoms with E-state index in [1.54, 1.807) is 6.20 Å². The molecule has 0 bridgehead atoms. The fourth-order valence-electron chi connectivity index (χ4n) is 3.44. The summed E-state index contributed by atoms with van der Waals surface area (Å²) < 4.78 is 0. The van der Waals surface area contributed by atoms with E-state index in [1.165, 1.54) is 0 Å². The van der Waals surface area contributed by atoms with Crippen molar-refractivity contribution < 1.29 is 14.7 Å². The number of imide groups is 1. The summed E-state index contributed by atoms with van der Waals surface area (Å²) in [6.45, 7) is 2.18. The summed E-state index contributed by atoms with van der Waals surface area (Å²) in [6, 6.07) is 3.91. The van der Waals surface area contributed by atoms with Crippen LogP contribution < -0.4 is 10.2 Å². The van der Waals surface area contributed by atoms with Gasteiger partial charge in [0, 0.05) is 32.3 Å². The van der Waals surface area contributed by atoms with Gasteiger partial charge in [-0.05, 0) is 43.2 Å². The normalized spacial score (nSPS) is 23.0. The number of amides is 2. The lowest BCUT2D eigenvalue weighted by atomic mass is 9.91. The maximum absolute atomic E-state index is 11.9. The number of nitrogens with one attached hydrogen (secondary N) is 1. The molecule has 2 aliphatic heterocycles. The molecule has 1 atom stereocenters. The molecule has 3 heterocycles. The Balaban J connectivity index is 1.61. The number of rotatable bonds is 4. The minimum atomic E-state index is -0.274. The zero-order valence-electron chi connectivity index (χ0n) is 13.2. The molecule has 0 radical (unpaired) electrons. The Morgan fingerprint density at radius 3 is 2.61 bits per heavy atom. The molecule has 1 aromatic heterocycles. The quantitative estimate of drug-likeness (QED) is 0.816. The Hall–Kier alpha value is -1.95. The van der Waals surface area contributed by atoms with Gasteiger partial charge in [0.1, 0.15) is 5.82 Å². The van der Waals surface area contributed by atoms with Gasteiger partial charge < -0.3 is 10.0 Å². The molecule has 23 heavy (non-hydrogen) atoms. The van der Waals surface area contributed by atoms with Gasteiger partial charge in [-0.25, -0.2) is 4.98 Å². The third-order valence-electron chi connectivity index (χ3n) is 4.89. The number of hydrogen-bond donors (Lipinski definition) is 2. The smallest absolute Gasteiger partial charge is 0.234 e. The van der Waals surface area contributed by atoms with Crippen LogP contribution in [0.2, 0.25) is 0 Å². The number of hydrogen-bond acceptors (Lipinski definition) is 5. The largest absolute Gasteiger partial charge is 0.396 e. The number of nitrogens with zero attached hydrogens (tertiary/aromatic N) is 2. The number of carbonyl (C=O) groups is 2. The second kappa shape index (κ2) is 7.08. The molecule has 6 nitrogen and oxygen atoms in total. The van der Waals surface area contributed by atoms with E-state index in [1.807, 2.05) is 12.1 Å². The molecule has 2 amide bonds. The van der Waals surface area contributed by atoms with Crippen molar-refractivity contribution >= 4 is 17.6 Å². The lowest BCUT2D eigenvalue weighted by molar-refractivity contribution is -0.134. The van der Waals surface area contributed by atoms with Crippen LogP contribution in [-0.2, 0) is 9.59 Å². The van der Waals surface area contributed by atoms with Crippen LogP contribution in [0.4, 0.5) is 5.82 Å². The van der Waals surface area contributed by atoms with Gasteiger partial charge in [0.15, 0.2) is 0 Å². The first-order chi connectivity index (χ1) is 11.2. The molecular weight excluding hydrogens is 294 g/mol. The molecule has 0 spiro atoms. The molecule has 3 rings (SSSR count). The molecule has 6 heteroatoms. The fraction of sp³-hybridized carbons (Fsp3) is 0.588.